The molecule has 2 fully saturated rings. The minimum atomic E-state index is -0.766. The lowest BCUT2D eigenvalue weighted by Gasteiger charge is -2.66. The maximum absolute atomic E-state index is 12.9. The Morgan fingerprint density at radius 1 is 1.47 bits per heavy atom. The van der Waals surface area contributed by atoms with Crippen LogP contribution in [0.1, 0.15) is 47.5 Å². The zero-order chi connectivity index (χ0) is 14.4. The van der Waals surface area contributed by atoms with Crippen LogP contribution < -0.4 is 5.73 Å². The van der Waals surface area contributed by atoms with Gasteiger partial charge >= 0.3 is 0 Å². The van der Waals surface area contributed by atoms with Crippen LogP contribution in [0, 0.1) is 11.3 Å². The van der Waals surface area contributed by atoms with Crippen LogP contribution in [0.3, 0.4) is 0 Å². The van der Waals surface area contributed by atoms with E-state index in [1.165, 1.54) is 0 Å². The van der Waals surface area contributed by atoms with Crippen molar-refractivity contribution < 1.29 is 9.53 Å². The van der Waals surface area contributed by atoms with Gasteiger partial charge in [-0.25, -0.2) is 0 Å². The van der Waals surface area contributed by atoms with Gasteiger partial charge in [-0.05, 0) is 33.6 Å². The molecule has 2 N–H and O–H groups in total. The van der Waals surface area contributed by atoms with Gasteiger partial charge in [0, 0.05) is 30.5 Å². The predicted octanol–water partition coefficient (Wildman–Crippen LogP) is 1.78. The van der Waals surface area contributed by atoms with Crippen LogP contribution in [-0.4, -0.2) is 41.6 Å². The van der Waals surface area contributed by atoms with Crippen molar-refractivity contribution in [3.63, 3.8) is 0 Å². The monoisotopic (exact) mass is 268 g/mol. The van der Waals surface area contributed by atoms with Crippen LogP contribution in [0.5, 0.6) is 0 Å². The quantitative estimate of drug-likeness (QED) is 0.849. The van der Waals surface area contributed by atoms with Gasteiger partial charge in [0.2, 0.25) is 5.91 Å². The number of ether oxygens (including phenoxy) is 1. The molecule has 4 nitrogen and oxygen atoms in total. The number of carbonyl (C=O) groups is 1. The standard InChI is InChI=1S/C15H28N2O2/c1-6-17(10(2)3)13(18)15(16)11-8-7-9-19-12(11)14(15,4)5/h10-12H,6-9,16H2,1-5H3. The van der Waals surface area contributed by atoms with Crippen LogP contribution in [0.25, 0.3) is 0 Å². The molecule has 1 saturated carbocycles. The Hall–Kier alpha value is -0.610. The molecule has 0 aromatic rings. The van der Waals surface area contributed by atoms with Crippen molar-refractivity contribution in [2.75, 3.05) is 13.2 Å². The normalized spacial score (nSPS) is 36.6. The van der Waals surface area contributed by atoms with Crippen LogP contribution in [0.15, 0.2) is 0 Å². The van der Waals surface area contributed by atoms with Crippen LogP contribution >= 0.6 is 0 Å². The van der Waals surface area contributed by atoms with Crippen LogP contribution in [0.2, 0.25) is 0 Å². The molecule has 2 rings (SSSR count). The molecule has 3 atom stereocenters. The molecule has 2 aliphatic rings. The summed E-state index contributed by atoms with van der Waals surface area (Å²) in [5.74, 6) is 0.276. The molecule has 3 unspecified atom stereocenters. The molecule has 0 radical (unpaired) electrons. The van der Waals surface area contributed by atoms with E-state index >= 15 is 0 Å². The summed E-state index contributed by atoms with van der Waals surface area (Å²) in [5.41, 5.74) is 5.58. The van der Waals surface area contributed by atoms with Gasteiger partial charge in [-0.3, -0.25) is 4.79 Å². The molecule has 1 aliphatic carbocycles. The first-order chi connectivity index (χ1) is 8.78. The predicted molar refractivity (Wildman–Crippen MR) is 75.7 cm³/mol. The average molecular weight is 268 g/mol. The number of carbonyl (C=O) groups excluding carboxylic acids is 1. The number of rotatable bonds is 3. The van der Waals surface area contributed by atoms with Gasteiger partial charge < -0.3 is 15.4 Å². The lowest BCUT2D eigenvalue weighted by molar-refractivity contribution is -0.230. The number of hydrogen-bond acceptors (Lipinski definition) is 3. The molecule has 110 valence electrons. The van der Waals surface area contributed by atoms with Gasteiger partial charge in [-0.15, -0.1) is 0 Å². The van der Waals surface area contributed by atoms with E-state index < -0.39 is 5.54 Å². The van der Waals surface area contributed by atoms with E-state index in [2.05, 4.69) is 13.8 Å². The second-order valence-corrected chi connectivity index (χ2v) is 6.82. The number of nitrogens with zero attached hydrogens (tertiary/aromatic N) is 1. The lowest BCUT2D eigenvalue weighted by atomic mass is 9.46. The summed E-state index contributed by atoms with van der Waals surface area (Å²) in [6, 6.07) is 0.192. The summed E-state index contributed by atoms with van der Waals surface area (Å²) in [5, 5.41) is 0. The molecule has 1 aliphatic heterocycles. The second-order valence-electron chi connectivity index (χ2n) is 6.82. The van der Waals surface area contributed by atoms with Gasteiger partial charge in [0.15, 0.2) is 0 Å². The first-order valence-corrected chi connectivity index (χ1v) is 7.50. The van der Waals surface area contributed by atoms with E-state index in [4.69, 9.17) is 10.5 Å². The molecule has 1 heterocycles. The zero-order valence-corrected chi connectivity index (χ0v) is 12.9. The fourth-order valence-electron chi connectivity index (χ4n) is 3.99. The number of hydrogen-bond donors (Lipinski definition) is 1. The fraction of sp³-hybridized carbons (Fsp3) is 0.933. The molecular weight excluding hydrogens is 240 g/mol. The number of amides is 1. The summed E-state index contributed by atoms with van der Waals surface area (Å²) in [7, 11) is 0. The summed E-state index contributed by atoms with van der Waals surface area (Å²) in [4.78, 5) is 14.8. The minimum Gasteiger partial charge on any atom is -0.377 e. The summed E-state index contributed by atoms with van der Waals surface area (Å²) in [6.45, 7) is 11.8. The second kappa shape index (κ2) is 4.74. The highest BCUT2D eigenvalue weighted by Gasteiger charge is 2.70. The van der Waals surface area contributed by atoms with Gasteiger partial charge in [-0.1, -0.05) is 13.8 Å². The van der Waals surface area contributed by atoms with Crippen molar-refractivity contribution in [3.05, 3.63) is 0 Å². The Balaban J connectivity index is 2.28. The Kier molecular flexibility index (Phi) is 3.69. The van der Waals surface area contributed by atoms with Gasteiger partial charge in [-0.2, -0.15) is 0 Å². The highest BCUT2D eigenvalue weighted by Crippen LogP contribution is 2.58. The summed E-state index contributed by atoms with van der Waals surface area (Å²) in [6.07, 6.45) is 2.16. The smallest absolute Gasteiger partial charge is 0.243 e. The molecule has 1 amide bonds. The molecule has 0 aromatic carbocycles. The van der Waals surface area contributed by atoms with E-state index in [0.717, 1.165) is 19.4 Å². The summed E-state index contributed by atoms with van der Waals surface area (Å²) < 4.78 is 5.86. The molecule has 1 saturated heterocycles. The van der Waals surface area contributed by atoms with E-state index in [0.29, 0.717) is 6.54 Å². The van der Waals surface area contributed by atoms with Crippen molar-refractivity contribution >= 4 is 5.91 Å². The van der Waals surface area contributed by atoms with E-state index in [-0.39, 0.29) is 29.4 Å². The third kappa shape index (κ3) is 1.83. The summed E-state index contributed by atoms with van der Waals surface area (Å²) >= 11 is 0. The highest BCUT2D eigenvalue weighted by molar-refractivity contribution is 5.89. The Bertz CT molecular complexity index is 367. The number of nitrogens with two attached hydrogens (primary N) is 1. The maximum atomic E-state index is 12.9. The maximum Gasteiger partial charge on any atom is 0.243 e. The first-order valence-electron chi connectivity index (χ1n) is 7.50. The topological polar surface area (TPSA) is 55.6 Å². The molecule has 0 spiro atoms. The Morgan fingerprint density at radius 2 is 2.11 bits per heavy atom. The van der Waals surface area contributed by atoms with E-state index in [9.17, 15) is 4.79 Å². The number of fused-ring (bicyclic) bond motifs is 1. The van der Waals surface area contributed by atoms with Crippen LogP contribution in [-0.2, 0) is 9.53 Å². The van der Waals surface area contributed by atoms with Crippen molar-refractivity contribution in [2.24, 2.45) is 17.1 Å². The molecule has 19 heavy (non-hydrogen) atoms. The van der Waals surface area contributed by atoms with E-state index in [1.807, 2.05) is 25.7 Å². The fourth-order valence-corrected chi connectivity index (χ4v) is 3.99. The van der Waals surface area contributed by atoms with Crippen molar-refractivity contribution in [3.8, 4) is 0 Å². The van der Waals surface area contributed by atoms with Gasteiger partial charge in [0.25, 0.3) is 0 Å². The molecule has 0 aromatic heterocycles. The van der Waals surface area contributed by atoms with Crippen LogP contribution in [0.4, 0.5) is 0 Å². The molecular formula is C15H28N2O2. The van der Waals surface area contributed by atoms with Crippen molar-refractivity contribution in [1.82, 2.24) is 4.90 Å². The number of likely N-dealkylation sites (N-methyl/N-ethyl adjacent to an activating group) is 1. The van der Waals surface area contributed by atoms with Gasteiger partial charge in [0.1, 0.15) is 5.54 Å². The minimum absolute atomic E-state index is 0.0988. The average Bonchev–Trinajstić information content (AvgIpc) is 2.37. The first kappa shape index (κ1) is 14.8. The largest absolute Gasteiger partial charge is 0.377 e. The van der Waals surface area contributed by atoms with E-state index in [1.54, 1.807) is 0 Å². The Labute approximate surface area is 116 Å². The SMILES string of the molecule is CCN(C(=O)C1(N)C2CCCOC2C1(C)C)C(C)C. The third-order valence-corrected chi connectivity index (χ3v) is 5.26. The van der Waals surface area contributed by atoms with Gasteiger partial charge in [0.05, 0.1) is 6.10 Å². The Morgan fingerprint density at radius 3 is 2.63 bits per heavy atom. The molecule has 0 bridgehead atoms. The third-order valence-electron chi connectivity index (χ3n) is 5.26. The lowest BCUT2D eigenvalue weighted by Crippen LogP contribution is -2.82. The molecule has 4 heteroatoms. The van der Waals surface area contributed by atoms with Crippen molar-refractivity contribution in [2.45, 2.75) is 65.1 Å². The highest BCUT2D eigenvalue weighted by atomic mass is 16.5. The zero-order valence-electron chi connectivity index (χ0n) is 12.9. The van der Waals surface area contributed by atoms with Crippen molar-refractivity contribution in [1.29, 1.82) is 0 Å².